The van der Waals surface area contributed by atoms with Gasteiger partial charge in [0.15, 0.2) is 9.84 Å². The molecule has 1 aliphatic rings. The standard InChI is InChI=1S/C11H9FN2O6S/c12-8-4-10(14(17)18)9(3-7(8)11(15)16)13-6-1-2-21(19,20)5-6/h1-4,6,13H,5H2,(H,15,16). The van der Waals surface area contributed by atoms with Crippen molar-refractivity contribution in [1.82, 2.24) is 0 Å². The summed E-state index contributed by atoms with van der Waals surface area (Å²) in [6, 6.07) is 0.508. The molecule has 0 fully saturated rings. The number of nitrogens with zero attached hydrogens (tertiary/aromatic N) is 1. The number of aromatic carboxylic acids is 1. The van der Waals surface area contributed by atoms with Crippen LogP contribution in [-0.2, 0) is 9.84 Å². The normalized spacial score (nSPS) is 19.4. The largest absolute Gasteiger partial charge is 0.478 e. The molecule has 0 saturated heterocycles. The Balaban J connectivity index is 2.41. The number of nitrogens with one attached hydrogen (secondary N) is 1. The van der Waals surface area contributed by atoms with Crippen molar-refractivity contribution in [2.45, 2.75) is 6.04 Å². The minimum atomic E-state index is -3.39. The Labute approximate surface area is 118 Å². The van der Waals surface area contributed by atoms with Crippen molar-refractivity contribution in [2.75, 3.05) is 11.1 Å². The lowest BCUT2D eigenvalue weighted by Crippen LogP contribution is -2.22. The topological polar surface area (TPSA) is 127 Å². The van der Waals surface area contributed by atoms with E-state index >= 15 is 0 Å². The molecule has 1 aliphatic heterocycles. The number of nitro groups is 1. The highest BCUT2D eigenvalue weighted by atomic mass is 32.2. The predicted molar refractivity (Wildman–Crippen MR) is 70.4 cm³/mol. The Bertz CT molecular complexity index is 758. The van der Waals surface area contributed by atoms with Gasteiger partial charge >= 0.3 is 5.97 Å². The van der Waals surface area contributed by atoms with Crippen LogP contribution in [0.15, 0.2) is 23.6 Å². The molecular weight excluding hydrogens is 307 g/mol. The van der Waals surface area contributed by atoms with E-state index in [0.717, 1.165) is 11.5 Å². The number of hydrogen-bond acceptors (Lipinski definition) is 6. The summed E-state index contributed by atoms with van der Waals surface area (Å²) in [5.41, 5.74) is -1.67. The first-order valence-electron chi connectivity index (χ1n) is 5.58. The second kappa shape index (κ2) is 5.13. The van der Waals surface area contributed by atoms with E-state index in [1.165, 1.54) is 6.08 Å². The van der Waals surface area contributed by atoms with Crippen LogP contribution in [0.2, 0.25) is 0 Å². The van der Waals surface area contributed by atoms with Crippen molar-refractivity contribution >= 4 is 27.2 Å². The van der Waals surface area contributed by atoms with Crippen molar-refractivity contribution in [3.63, 3.8) is 0 Å². The third-order valence-electron chi connectivity index (χ3n) is 2.78. The van der Waals surface area contributed by atoms with Crippen LogP contribution in [-0.4, -0.2) is 36.2 Å². The number of carboxylic acid groups (broad SMARTS) is 1. The Morgan fingerprint density at radius 1 is 1.48 bits per heavy atom. The molecule has 0 amide bonds. The Hall–Kier alpha value is -2.49. The molecule has 2 rings (SSSR count). The maximum Gasteiger partial charge on any atom is 0.338 e. The number of benzene rings is 1. The van der Waals surface area contributed by atoms with Gasteiger partial charge in [0.05, 0.1) is 28.3 Å². The van der Waals surface area contributed by atoms with Crippen LogP contribution in [0.25, 0.3) is 0 Å². The number of halogens is 1. The number of carbonyl (C=O) groups is 1. The molecule has 1 atom stereocenters. The quantitative estimate of drug-likeness (QED) is 0.630. The minimum Gasteiger partial charge on any atom is -0.478 e. The molecule has 10 heteroatoms. The second-order valence-electron chi connectivity index (χ2n) is 4.32. The number of anilines is 1. The van der Waals surface area contributed by atoms with Gasteiger partial charge in [-0.1, -0.05) is 6.08 Å². The van der Waals surface area contributed by atoms with Crippen molar-refractivity contribution in [2.24, 2.45) is 0 Å². The summed E-state index contributed by atoms with van der Waals surface area (Å²) in [4.78, 5) is 20.8. The van der Waals surface area contributed by atoms with Crippen LogP contribution in [0.1, 0.15) is 10.4 Å². The highest BCUT2D eigenvalue weighted by Gasteiger charge is 2.26. The average Bonchev–Trinajstić information content (AvgIpc) is 2.69. The summed E-state index contributed by atoms with van der Waals surface area (Å²) < 4.78 is 36.0. The summed E-state index contributed by atoms with van der Waals surface area (Å²) in [5, 5.41) is 23.2. The van der Waals surface area contributed by atoms with Crippen LogP contribution in [0, 0.1) is 15.9 Å². The third kappa shape index (κ3) is 3.16. The number of rotatable bonds is 4. The van der Waals surface area contributed by atoms with Crippen LogP contribution in [0.4, 0.5) is 15.8 Å². The highest BCUT2D eigenvalue weighted by molar-refractivity contribution is 7.94. The van der Waals surface area contributed by atoms with Crippen LogP contribution in [0.5, 0.6) is 0 Å². The molecular formula is C11H9FN2O6S. The lowest BCUT2D eigenvalue weighted by Gasteiger charge is -2.12. The van der Waals surface area contributed by atoms with Gasteiger partial charge in [0.1, 0.15) is 11.5 Å². The molecule has 0 aromatic heterocycles. The molecule has 0 bridgehead atoms. The van der Waals surface area contributed by atoms with Gasteiger partial charge in [-0.05, 0) is 6.07 Å². The Morgan fingerprint density at radius 3 is 2.62 bits per heavy atom. The fourth-order valence-corrected chi connectivity index (χ4v) is 3.09. The van der Waals surface area contributed by atoms with Crippen molar-refractivity contribution < 1.29 is 27.6 Å². The fourth-order valence-electron chi connectivity index (χ4n) is 1.86. The monoisotopic (exact) mass is 316 g/mol. The molecule has 8 nitrogen and oxygen atoms in total. The molecule has 1 aromatic rings. The molecule has 1 aromatic carbocycles. The van der Waals surface area contributed by atoms with E-state index in [9.17, 15) is 27.7 Å². The molecule has 0 spiro atoms. The lowest BCUT2D eigenvalue weighted by molar-refractivity contribution is -0.384. The fraction of sp³-hybridized carbons (Fsp3) is 0.182. The molecule has 0 aliphatic carbocycles. The minimum absolute atomic E-state index is 0.259. The number of sulfone groups is 1. The van der Waals surface area contributed by atoms with Gasteiger partial charge < -0.3 is 10.4 Å². The highest BCUT2D eigenvalue weighted by Crippen LogP contribution is 2.29. The van der Waals surface area contributed by atoms with Crippen LogP contribution < -0.4 is 5.32 Å². The summed E-state index contributed by atoms with van der Waals surface area (Å²) in [5.74, 6) is -3.14. The van der Waals surface area contributed by atoms with Gasteiger partial charge in [0, 0.05) is 5.41 Å². The number of hydrogen-bond donors (Lipinski definition) is 2. The van der Waals surface area contributed by atoms with Crippen molar-refractivity contribution in [3.05, 3.63) is 45.1 Å². The van der Waals surface area contributed by atoms with E-state index in [1.54, 1.807) is 0 Å². The van der Waals surface area contributed by atoms with E-state index in [-0.39, 0.29) is 11.4 Å². The van der Waals surface area contributed by atoms with Crippen molar-refractivity contribution in [3.8, 4) is 0 Å². The zero-order valence-corrected chi connectivity index (χ0v) is 11.1. The van der Waals surface area contributed by atoms with E-state index < -0.39 is 43.8 Å². The number of nitro benzene ring substituents is 1. The Morgan fingerprint density at radius 2 is 2.14 bits per heavy atom. The molecule has 1 unspecified atom stereocenters. The SMILES string of the molecule is O=C(O)c1cc(NC2C=CS(=O)(=O)C2)c([N+](=O)[O-])cc1F. The smallest absolute Gasteiger partial charge is 0.338 e. The molecule has 0 radical (unpaired) electrons. The van der Waals surface area contributed by atoms with E-state index in [0.29, 0.717) is 6.07 Å². The first kappa shape index (κ1) is 14.9. The van der Waals surface area contributed by atoms with Crippen LogP contribution >= 0.6 is 0 Å². The van der Waals surface area contributed by atoms with Gasteiger partial charge in [-0.25, -0.2) is 17.6 Å². The van der Waals surface area contributed by atoms with Crippen LogP contribution in [0.3, 0.4) is 0 Å². The zero-order valence-electron chi connectivity index (χ0n) is 10.3. The molecule has 112 valence electrons. The predicted octanol–water partition coefficient (Wildman–Crippen LogP) is 1.15. The van der Waals surface area contributed by atoms with Crippen molar-refractivity contribution in [1.29, 1.82) is 0 Å². The molecule has 0 saturated carbocycles. The molecule has 2 N–H and O–H groups in total. The molecule has 21 heavy (non-hydrogen) atoms. The van der Waals surface area contributed by atoms with Gasteiger partial charge in [-0.2, -0.15) is 0 Å². The van der Waals surface area contributed by atoms with E-state index in [2.05, 4.69) is 5.32 Å². The zero-order chi connectivity index (χ0) is 15.8. The maximum absolute atomic E-state index is 13.5. The summed E-state index contributed by atoms with van der Waals surface area (Å²) in [7, 11) is -3.39. The molecule has 1 heterocycles. The van der Waals surface area contributed by atoms with Gasteiger partial charge in [-0.3, -0.25) is 10.1 Å². The summed E-state index contributed by atoms with van der Waals surface area (Å²) in [6.45, 7) is 0. The summed E-state index contributed by atoms with van der Waals surface area (Å²) >= 11 is 0. The van der Waals surface area contributed by atoms with E-state index in [4.69, 9.17) is 5.11 Å². The number of carboxylic acids is 1. The third-order valence-corrected chi connectivity index (χ3v) is 4.18. The average molecular weight is 316 g/mol. The Kier molecular flexibility index (Phi) is 3.64. The first-order chi connectivity index (χ1) is 9.69. The van der Waals surface area contributed by atoms with Gasteiger partial charge in [0.2, 0.25) is 0 Å². The maximum atomic E-state index is 13.5. The lowest BCUT2D eigenvalue weighted by atomic mass is 10.1. The summed E-state index contributed by atoms with van der Waals surface area (Å²) in [6.07, 6.45) is 1.28. The second-order valence-corrected chi connectivity index (χ2v) is 6.25. The first-order valence-corrected chi connectivity index (χ1v) is 7.30. The van der Waals surface area contributed by atoms with E-state index in [1.807, 2.05) is 0 Å². The van der Waals surface area contributed by atoms with Gasteiger partial charge in [-0.15, -0.1) is 0 Å². The van der Waals surface area contributed by atoms with Gasteiger partial charge in [0.25, 0.3) is 5.69 Å².